The van der Waals surface area contributed by atoms with Crippen molar-refractivity contribution in [3.8, 4) is 28.7 Å². The number of hydrazine groups is 1. The van der Waals surface area contributed by atoms with Gasteiger partial charge in [-0.2, -0.15) is 0 Å². The van der Waals surface area contributed by atoms with Crippen LogP contribution in [0.15, 0.2) is 48.5 Å². The summed E-state index contributed by atoms with van der Waals surface area (Å²) in [5.74, 6) is -0.725. The van der Waals surface area contributed by atoms with Gasteiger partial charge in [-0.3, -0.25) is 10.2 Å². The van der Waals surface area contributed by atoms with Crippen molar-refractivity contribution in [2.75, 3.05) is 32.6 Å². The molecular formula is C30H28FKN2O7S. The zero-order chi connectivity index (χ0) is 28.4. The van der Waals surface area contributed by atoms with Crippen molar-refractivity contribution in [3.63, 3.8) is 0 Å². The summed E-state index contributed by atoms with van der Waals surface area (Å²) in [6.45, 7) is 0.290. The van der Waals surface area contributed by atoms with E-state index in [0.717, 1.165) is 16.7 Å². The number of ether oxygens (including phenoxy) is 5. The number of anilines is 1. The number of benzene rings is 3. The van der Waals surface area contributed by atoms with Crippen molar-refractivity contribution >= 4 is 24.3 Å². The third-order valence-electron chi connectivity index (χ3n) is 8.70. The van der Waals surface area contributed by atoms with Gasteiger partial charge in [0.1, 0.15) is 5.82 Å². The summed E-state index contributed by atoms with van der Waals surface area (Å²) < 4.78 is 43.3. The molecule has 3 aromatic rings. The first-order valence-corrected chi connectivity index (χ1v) is 13.9. The summed E-state index contributed by atoms with van der Waals surface area (Å²) in [4.78, 5) is 13.5. The second-order valence-corrected chi connectivity index (χ2v) is 11.2. The molecule has 4 aliphatic rings. The first-order chi connectivity index (χ1) is 19.9. The number of carbonyl (C=O) groups is 1. The maximum atomic E-state index is 15.1. The molecule has 1 aliphatic carbocycles. The van der Waals surface area contributed by atoms with Gasteiger partial charge in [-0.05, 0) is 59.5 Å². The minimum atomic E-state index is -0.571. The SMILES string of the molecule is COc1cc([C@@H]2c3cc4c(cc3[C@@H](C3CC([S-])NN3c3ccccc3F)[C@H]3COC(=O)[C@H]23)OCO4)cc(OC)c1O.[K+]. The van der Waals surface area contributed by atoms with E-state index < -0.39 is 11.8 Å². The molecule has 42 heavy (non-hydrogen) atoms. The zero-order valence-corrected chi connectivity index (χ0v) is 27.3. The standard InChI is InChI=1S/C30H29FN2O7S.K/c1-36-23-7-14(8-24(37-2)29(23)34)26-15-9-21-22(40-13-39-21)10-16(15)27(17-12-38-30(35)28(17)26)20-11-25(41)32-33(20)19-6-4-3-5-18(19)31;/h3-10,17,20,25-28,32,34,41H,11-13H2,1-2H3;/q;+1/p-1/t17-,20?,25?,26-,27-,28+;/m1./s1. The quantitative estimate of drug-likeness (QED) is 0.245. The number of nitrogens with one attached hydrogen (secondary N) is 1. The minimum Gasteiger partial charge on any atom is -0.772 e. The molecule has 6 atom stereocenters. The third-order valence-corrected chi connectivity index (χ3v) is 9.00. The Morgan fingerprint density at radius 3 is 2.33 bits per heavy atom. The Kier molecular flexibility index (Phi) is 8.33. The van der Waals surface area contributed by atoms with Gasteiger partial charge in [0, 0.05) is 17.8 Å². The molecule has 2 N–H and O–H groups in total. The van der Waals surface area contributed by atoms with Crippen LogP contribution in [0.25, 0.3) is 0 Å². The van der Waals surface area contributed by atoms with Gasteiger partial charge in [-0.1, -0.05) is 17.5 Å². The summed E-state index contributed by atoms with van der Waals surface area (Å²) in [6.07, 6.45) is 0.547. The van der Waals surface area contributed by atoms with Gasteiger partial charge in [0.2, 0.25) is 12.5 Å². The number of cyclic esters (lactones) is 1. The first-order valence-electron chi connectivity index (χ1n) is 13.4. The maximum absolute atomic E-state index is 15.1. The maximum Gasteiger partial charge on any atom is 1.00 e. The van der Waals surface area contributed by atoms with Gasteiger partial charge in [-0.25, -0.2) is 4.39 Å². The molecule has 7 rings (SSSR count). The van der Waals surface area contributed by atoms with Crippen molar-refractivity contribution in [2.45, 2.75) is 29.7 Å². The van der Waals surface area contributed by atoms with Crippen LogP contribution >= 0.6 is 0 Å². The average molecular weight is 619 g/mol. The largest absolute Gasteiger partial charge is 1.00 e. The molecule has 0 bridgehead atoms. The van der Waals surface area contributed by atoms with Crippen LogP contribution in [0.3, 0.4) is 0 Å². The third kappa shape index (κ3) is 4.75. The molecule has 3 heterocycles. The number of hydrogen-bond donors (Lipinski definition) is 2. The Bertz CT molecular complexity index is 1520. The molecule has 3 aromatic carbocycles. The fourth-order valence-corrected chi connectivity index (χ4v) is 7.33. The number of hydrogen-bond acceptors (Lipinski definition) is 10. The Labute approximate surface area is 290 Å². The normalized spacial score (nSPS) is 27.1. The molecule has 0 spiro atoms. The van der Waals surface area contributed by atoms with Crippen LogP contribution in [0, 0.1) is 17.7 Å². The van der Waals surface area contributed by atoms with Gasteiger partial charge in [0.15, 0.2) is 23.0 Å². The van der Waals surface area contributed by atoms with Crippen LogP contribution in [-0.2, 0) is 22.2 Å². The average Bonchev–Trinajstić information content (AvgIpc) is 3.69. The van der Waals surface area contributed by atoms with Gasteiger partial charge in [0.25, 0.3) is 0 Å². The Hall–Kier alpha value is -2.19. The van der Waals surface area contributed by atoms with Crippen LogP contribution in [-0.4, -0.2) is 50.1 Å². The molecule has 0 radical (unpaired) electrons. The minimum absolute atomic E-state index is 0. The van der Waals surface area contributed by atoms with Crippen LogP contribution in [0.1, 0.15) is 34.9 Å². The predicted molar refractivity (Wildman–Crippen MR) is 148 cm³/mol. The van der Waals surface area contributed by atoms with Crippen molar-refractivity contribution < 1.29 is 89.4 Å². The van der Waals surface area contributed by atoms with E-state index in [1.807, 2.05) is 17.1 Å². The molecular weight excluding hydrogens is 591 g/mol. The molecule has 2 fully saturated rings. The molecule has 12 heteroatoms. The number of carbonyl (C=O) groups excluding carboxylic acids is 1. The van der Waals surface area contributed by atoms with Crippen LogP contribution in [0.5, 0.6) is 28.7 Å². The zero-order valence-electron chi connectivity index (χ0n) is 23.3. The molecule has 0 amide bonds. The molecule has 0 aromatic heterocycles. The molecule has 0 saturated carbocycles. The number of aromatic hydroxyl groups is 1. The molecule has 9 nitrogen and oxygen atoms in total. The Morgan fingerprint density at radius 1 is 1.00 bits per heavy atom. The summed E-state index contributed by atoms with van der Waals surface area (Å²) >= 11 is 5.69. The van der Waals surface area contributed by atoms with E-state index in [0.29, 0.717) is 23.6 Å². The van der Waals surface area contributed by atoms with E-state index >= 15 is 4.39 Å². The monoisotopic (exact) mass is 618 g/mol. The van der Waals surface area contributed by atoms with Crippen LogP contribution < -0.4 is 80.8 Å². The van der Waals surface area contributed by atoms with Gasteiger partial charge >= 0.3 is 57.4 Å². The molecule has 2 saturated heterocycles. The molecule has 2 unspecified atom stereocenters. The van der Waals surface area contributed by atoms with E-state index in [9.17, 15) is 9.90 Å². The Morgan fingerprint density at radius 2 is 1.67 bits per heavy atom. The van der Waals surface area contributed by atoms with Crippen molar-refractivity contribution in [3.05, 3.63) is 71.0 Å². The van der Waals surface area contributed by atoms with Crippen molar-refractivity contribution in [1.82, 2.24) is 5.43 Å². The second kappa shape index (κ2) is 11.7. The van der Waals surface area contributed by atoms with Crippen molar-refractivity contribution in [1.29, 1.82) is 0 Å². The summed E-state index contributed by atoms with van der Waals surface area (Å²) in [5, 5.41) is 12.1. The summed E-state index contributed by atoms with van der Waals surface area (Å²) in [5.41, 5.74) is 6.20. The number of phenolic OH excluding ortho intramolecular Hbond substituents is 1. The number of para-hydroxylation sites is 1. The number of halogens is 1. The number of nitrogens with zero attached hydrogens (tertiary/aromatic N) is 1. The van der Waals surface area contributed by atoms with E-state index in [2.05, 4.69) is 5.43 Å². The topological polar surface area (TPSA) is 98.7 Å². The van der Waals surface area contributed by atoms with Gasteiger partial charge in [-0.15, -0.1) is 0 Å². The fraction of sp³-hybridized carbons (Fsp3) is 0.367. The number of esters is 1. The van der Waals surface area contributed by atoms with E-state index in [1.165, 1.54) is 20.3 Å². The van der Waals surface area contributed by atoms with Gasteiger partial charge in [0.05, 0.1) is 38.5 Å². The number of fused-ring (bicyclic) bond motifs is 3. The fourth-order valence-electron chi connectivity index (χ4n) is 7.02. The second-order valence-electron chi connectivity index (χ2n) is 10.7. The van der Waals surface area contributed by atoms with Crippen LogP contribution in [0.4, 0.5) is 10.1 Å². The number of rotatable bonds is 5. The van der Waals surface area contributed by atoms with E-state index in [4.69, 9.17) is 36.3 Å². The Balaban J connectivity index is 0.00000316. The van der Waals surface area contributed by atoms with E-state index in [1.54, 1.807) is 30.3 Å². The number of phenols is 1. The number of methoxy groups -OCH3 is 2. The van der Waals surface area contributed by atoms with Crippen molar-refractivity contribution in [2.24, 2.45) is 11.8 Å². The van der Waals surface area contributed by atoms with Gasteiger partial charge < -0.3 is 46.4 Å². The smallest absolute Gasteiger partial charge is 0.772 e. The van der Waals surface area contributed by atoms with Crippen LogP contribution in [0.2, 0.25) is 0 Å². The summed E-state index contributed by atoms with van der Waals surface area (Å²) in [6, 6.07) is 13.6. The van der Waals surface area contributed by atoms with E-state index in [-0.39, 0.29) is 117 Å². The first kappa shape index (κ1) is 29.9. The molecule has 3 aliphatic heterocycles. The summed E-state index contributed by atoms with van der Waals surface area (Å²) in [7, 11) is 2.92. The molecule has 214 valence electrons. The predicted octanol–water partition coefficient (Wildman–Crippen LogP) is 0.956.